The van der Waals surface area contributed by atoms with E-state index in [4.69, 9.17) is 10.2 Å². The zero-order valence-corrected chi connectivity index (χ0v) is 10.2. The van der Waals surface area contributed by atoms with Crippen molar-refractivity contribution in [2.45, 2.75) is 25.2 Å². The minimum Gasteiger partial charge on any atom is -0.480 e. The van der Waals surface area contributed by atoms with Crippen LogP contribution in [0.2, 0.25) is 0 Å². The molecule has 1 aromatic carbocycles. The van der Waals surface area contributed by atoms with Crippen molar-refractivity contribution in [2.75, 3.05) is 6.54 Å². The van der Waals surface area contributed by atoms with Crippen molar-refractivity contribution in [3.8, 4) is 0 Å². The summed E-state index contributed by atoms with van der Waals surface area (Å²) in [5.41, 5.74) is 1.02. The second kappa shape index (κ2) is 5.38. The molecule has 1 aromatic rings. The average molecular weight is 265 g/mol. The summed E-state index contributed by atoms with van der Waals surface area (Å²) < 4.78 is 0. The second-order valence-corrected chi connectivity index (χ2v) is 4.56. The van der Waals surface area contributed by atoms with Crippen LogP contribution in [0, 0.1) is 0 Å². The van der Waals surface area contributed by atoms with Crippen molar-refractivity contribution >= 4 is 11.9 Å². The number of aliphatic hydroxyl groups excluding tert-OH is 2. The first kappa shape index (κ1) is 13.5. The summed E-state index contributed by atoms with van der Waals surface area (Å²) in [5.74, 6) is -1.54. The number of β-amino-alcohol motifs (C(OH)–C–C–N with tert-alkyl or cyclic N) is 1. The lowest BCUT2D eigenvalue weighted by Gasteiger charge is -2.21. The highest BCUT2D eigenvalue weighted by atomic mass is 16.4. The molecule has 0 spiro atoms. The van der Waals surface area contributed by atoms with E-state index >= 15 is 0 Å². The second-order valence-electron chi connectivity index (χ2n) is 4.56. The lowest BCUT2D eigenvalue weighted by molar-refractivity contribution is -0.141. The monoisotopic (exact) mass is 265 g/mol. The highest BCUT2D eigenvalue weighted by Gasteiger charge is 2.39. The SMILES string of the molecule is O=C(O)[C@@H]1CC(O)CN1C(=O)c1ccc(CO)cc1. The molecule has 2 atom stereocenters. The molecule has 1 fully saturated rings. The summed E-state index contributed by atoms with van der Waals surface area (Å²) in [6.07, 6.45) is -0.753. The van der Waals surface area contributed by atoms with Gasteiger partial charge in [0.25, 0.3) is 5.91 Å². The van der Waals surface area contributed by atoms with Gasteiger partial charge in [0.1, 0.15) is 6.04 Å². The van der Waals surface area contributed by atoms with Crippen LogP contribution in [0.1, 0.15) is 22.3 Å². The Labute approximate surface area is 109 Å². The van der Waals surface area contributed by atoms with Gasteiger partial charge in [0.2, 0.25) is 0 Å². The quantitative estimate of drug-likeness (QED) is 0.705. The lowest BCUT2D eigenvalue weighted by Crippen LogP contribution is -2.40. The van der Waals surface area contributed by atoms with Crippen molar-refractivity contribution in [3.05, 3.63) is 35.4 Å². The van der Waals surface area contributed by atoms with Gasteiger partial charge in [-0.25, -0.2) is 4.79 Å². The van der Waals surface area contributed by atoms with E-state index in [1.54, 1.807) is 12.1 Å². The fourth-order valence-corrected chi connectivity index (χ4v) is 2.19. The van der Waals surface area contributed by atoms with Gasteiger partial charge in [0, 0.05) is 18.5 Å². The molecule has 1 saturated heterocycles. The summed E-state index contributed by atoms with van der Waals surface area (Å²) in [4.78, 5) is 24.4. The van der Waals surface area contributed by atoms with Crippen LogP contribution >= 0.6 is 0 Å². The molecule has 0 bridgehead atoms. The molecule has 6 nitrogen and oxygen atoms in total. The molecule has 102 valence electrons. The van der Waals surface area contributed by atoms with Crippen LogP contribution in [0.15, 0.2) is 24.3 Å². The van der Waals surface area contributed by atoms with E-state index in [0.29, 0.717) is 11.1 Å². The summed E-state index contributed by atoms with van der Waals surface area (Å²) >= 11 is 0. The molecular formula is C13H15NO5. The number of aliphatic carboxylic acids is 1. The Morgan fingerprint density at radius 2 is 1.89 bits per heavy atom. The van der Waals surface area contributed by atoms with Crippen LogP contribution < -0.4 is 0 Å². The number of hydrogen-bond acceptors (Lipinski definition) is 4. The standard InChI is InChI=1S/C13H15NO5/c15-7-8-1-3-9(4-2-8)12(17)14-6-10(16)5-11(14)13(18)19/h1-4,10-11,15-16H,5-7H2,(H,18,19)/t10?,11-/m0/s1. The van der Waals surface area contributed by atoms with Crippen LogP contribution in [0.5, 0.6) is 0 Å². The maximum absolute atomic E-state index is 12.2. The summed E-state index contributed by atoms with van der Waals surface area (Å²) in [5, 5.41) is 27.5. The highest BCUT2D eigenvalue weighted by molar-refractivity contribution is 5.97. The van der Waals surface area contributed by atoms with E-state index in [1.165, 1.54) is 17.0 Å². The average Bonchev–Trinajstić information content (AvgIpc) is 2.80. The molecule has 3 N–H and O–H groups in total. The third-order valence-corrected chi connectivity index (χ3v) is 3.21. The zero-order valence-electron chi connectivity index (χ0n) is 10.2. The van der Waals surface area contributed by atoms with E-state index in [1.807, 2.05) is 0 Å². The molecule has 2 rings (SSSR count). The van der Waals surface area contributed by atoms with Gasteiger partial charge in [-0.05, 0) is 17.7 Å². The van der Waals surface area contributed by atoms with E-state index in [9.17, 15) is 14.7 Å². The van der Waals surface area contributed by atoms with Gasteiger partial charge in [-0.2, -0.15) is 0 Å². The fraction of sp³-hybridized carbons (Fsp3) is 0.385. The molecule has 0 aromatic heterocycles. The summed E-state index contributed by atoms with van der Waals surface area (Å²) in [7, 11) is 0. The number of benzene rings is 1. The Kier molecular flexibility index (Phi) is 3.82. The number of carboxylic acid groups (broad SMARTS) is 1. The van der Waals surface area contributed by atoms with Gasteiger partial charge >= 0.3 is 5.97 Å². The molecule has 0 aliphatic carbocycles. The molecule has 0 saturated carbocycles. The number of carbonyl (C=O) groups is 2. The third-order valence-electron chi connectivity index (χ3n) is 3.21. The van der Waals surface area contributed by atoms with E-state index in [2.05, 4.69) is 0 Å². The molecule has 1 amide bonds. The Bertz CT molecular complexity index is 484. The predicted octanol–water partition coefficient (Wildman–Crippen LogP) is -0.161. The Morgan fingerprint density at radius 3 is 2.42 bits per heavy atom. The van der Waals surface area contributed by atoms with Crippen molar-refractivity contribution in [3.63, 3.8) is 0 Å². The number of likely N-dealkylation sites (tertiary alicyclic amines) is 1. The zero-order chi connectivity index (χ0) is 14.0. The molecule has 6 heteroatoms. The van der Waals surface area contributed by atoms with Crippen LogP contribution in [0.3, 0.4) is 0 Å². The van der Waals surface area contributed by atoms with Crippen LogP contribution in [0.4, 0.5) is 0 Å². The van der Waals surface area contributed by atoms with Crippen molar-refractivity contribution in [1.29, 1.82) is 0 Å². The predicted molar refractivity (Wildman–Crippen MR) is 65.4 cm³/mol. The minimum atomic E-state index is -1.11. The molecule has 1 aliphatic rings. The highest BCUT2D eigenvalue weighted by Crippen LogP contribution is 2.21. The number of carbonyl (C=O) groups excluding carboxylic acids is 1. The van der Waals surface area contributed by atoms with Gasteiger partial charge < -0.3 is 20.2 Å². The maximum Gasteiger partial charge on any atom is 0.326 e. The third kappa shape index (κ3) is 2.74. The van der Waals surface area contributed by atoms with Crippen molar-refractivity contribution < 1.29 is 24.9 Å². The first-order valence-corrected chi connectivity index (χ1v) is 5.94. The van der Waals surface area contributed by atoms with Gasteiger partial charge in [0.05, 0.1) is 12.7 Å². The Hall–Kier alpha value is -1.92. The molecule has 1 heterocycles. The fourth-order valence-electron chi connectivity index (χ4n) is 2.19. The Morgan fingerprint density at radius 1 is 1.26 bits per heavy atom. The van der Waals surface area contributed by atoms with Crippen molar-refractivity contribution in [1.82, 2.24) is 4.90 Å². The number of aliphatic hydroxyl groups is 2. The maximum atomic E-state index is 12.2. The lowest BCUT2D eigenvalue weighted by atomic mass is 10.1. The van der Waals surface area contributed by atoms with E-state index in [-0.39, 0.29) is 19.6 Å². The summed E-state index contributed by atoms with van der Waals surface area (Å²) in [6, 6.07) is 5.31. The molecule has 0 radical (unpaired) electrons. The van der Waals surface area contributed by atoms with Gasteiger partial charge in [-0.1, -0.05) is 12.1 Å². The topological polar surface area (TPSA) is 98.1 Å². The number of amides is 1. The van der Waals surface area contributed by atoms with Crippen LogP contribution in [0.25, 0.3) is 0 Å². The van der Waals surface area contributed by atoms with E-state index in [0.717, 1.165) is 0 Å². The van der Waals surface area contributed by atoms with E-state index < -0.39 is 24.0 Å². The summed E-state index contributed by atoms with van der Waals surface area (Å²) in [6.45, 7) is -0.0911. The number of hydrogen-bond donors (Lipinski definition) is 3. The van der Waals surface area contributed by atoms with Crippen molar-refractivity contribution in [2.24, 2.45) is 0 Å². The number of carboxylic acids is 1. The Balaban J connectivity index is 2.20. The largest absolute Gasteiger partial charge is 0.480 e. The first-order chi connectivity index (χ1) is 9.02. The van der Waals surface area contributed by atoms with Crippen LogP contribution in [-0.4, -0.2) is 50.8 Å². The van der Waals surface area contributed by atoms with Crippen LogP contribution in [-0.2, 0) is 11.4 Å². The van der Waals surface area contributed by atoms with Gasteiger partial charge in [-0.15, -0.1) is 0 Å². The number of rotatable bonds is 3. The molecular weight excluding hydrogens is 250 g/mol. The molecule has 1 unspecified atom stereocenters. The molecule has 19 heavy (non-hydrogen) atoms. The smallest absolute Gasteiger partial charge is 0.326 e. The first-order valence-electron chi connectivity index (χ1n) is 5.94. The normalized spacial score (nSPS) is 22.5. The number of nitrogens with zero attached hydrogens (tertiary/aromatic N) is 1. The molecule has 1 aliphatic heterocycles. The van der Waals surface area contributed by atoms with Gasteiger partial charge in [0.15, 0.2) is 0 Å². The van der Waals surface area contributed by atoms with Gasteiger partial charge in [-0.3, -0.25) is 4.79 Å². The minimum absolute atomic E-state index is 0.0253.